The van der Waals surface area contributed by atoms with Crippen LogP contribution in [0.4, 0.5) is 0 Å². The molecule has 9 heteroatoms. The van der Waals surface area contributed by atoms with Crippen molar-refractivity contribution in [3.05, 3.63) is 18.2 Å². The second kappa shape index (κ2) is 15.6. The van der Waals surface area contributed by atoms with Crippen LogP contribution in [0.15, 0.2) is 18.2 Å². The number of nitrogens with one attached hydrogen (secondary N) is 2. The topological polar surface area (TPSA) is 108 Å². The maximum Gasteiger partial charge on any atom is 0.243 e. The van der Waals surface area contributed by atoms with E-state index in [2.05, 4.69) is 25.6 Å². The highest BCUT2D eigenvalue weighted by atomic mass is 16.6. The molecule has 0 aliphatic carbocycles. The van der Waals surface area contributed by atoms with Crippen LogP contribution in [0.5, 0.6) is 11.8 Å². The van der Waals surface area contributed by atoms with E-state index < -0.39 is 0 Å². The summed E-state index contributed by atoms with van der Waals surface area (Å²) < 4.78 is 11.2. The molecule has 1 aromatic rings. The standard InChI is InChI=1S/C19H31N3O6/c1-25-21-16(23)10-5-3-7-14-27-18-12-9-13-19(20-18)28-15-8-4-6-11-17(24)22-26-2/h9,12-13H,3-8,10-11,14-15H2,1-2H3,(H,21,23)(H,22,24). The van der Waals surface area contributed by atoms with E-state index in [9.17, 15) is 9.59 Å². The quantitative estimate of drug-likeness (QED) is 0.325. The molecule has 9 nitrogen and oxygen atoms in total. The highest BCUT2D eigenvalue weighted by molar-refractivity contribution is 5.74. The van der Waals surface area contributed by atoms with Gasteiger partial charge in [-0.25, -0.2) is 11.0 Å². The molecule has 0 atom stereocenters. The van der Waals surface area contributed by atoms with E-state index in [1.807, 2.05) is 6.07 Å². The SMILES string of the molecule is CONC(=O)CCCCCOc1cccc(OCCCCCC(=O)NOC)n1. The number of ether oxygens (including phenoxy) is 2. The van der Waals surface area contributed by atoms with Gasteiger partial charge in [-0.05, 0) is 38.5 Å². The second-order valence-corrected chi connectivity index (χ2v) is 6.09. The Morgan fingerprint density at radius 1 is 0.786 bits per heavy atom. The zero-order valence-corrected chi connectivity index (χ0v) is 16.7. The molecule has 0 aliphatic heterocycles. The van der Waals surface area contributed by atoms with E-state index in [0.29, 0.717) is 37.8 Å². The van der Waals surface area contributed by atoms with E-state index in [1.165, 1.54) is 14.2 Å². The summed E-state index contributed by atoms with van der Waals surface area (Å²) in [6, 6.07) is 5.41. The lowest BCUT2D eigenvalue weighted by Crippen LogP contribution is -2.21. The molecule has 0 bridgehead atoms. The Morgan fingerprint density at radius 2 is 1.25 bits per heavy atom. The van der Waals surface area contributed by atoms with E-state index in [1.54, 1.807) is 12.1 Å². The van der Waals surface area contributed by atoms with Crippen molar-refractivity contribution in [2.24, 2.45) is 0 Å². The highest BCUT2D eigenvalue weighted by Crippen LogP contribution is 2.14. The van der Waals surface area contributed by atoms with Crippen LogP contribution in [-0.4, -0.2) is 44.2 Å². The fraction of sp³-hybridized carbons (Fsp3) is 0.632. The number of rotatable bonds is 16. The van der Waals surface area contributed by atoms with Crippen LogP contribution in [0.3, 0.4) is 0 Å². The van der Waals surface area contributed by atoms with Crippen LogP contribution >= 0.6 is 0 Å². The number of nitrogens with zero attached hydrogens (tertiary/aromatic N) is 1. The van der Waals surface area contributed by atoms with Crippen molar-refractivity contribution in [2.75, 3.05) is 27.4 Å². The van der Waals surface area contributed by atoms with Crippen molar-refractivity contribution < 1.29 is 28.7 Å². The Labute approximate surface area is 166 Å². The van der Waals surface area contributed by atoms with Gasteiger partial charge in [0.15, 0.2) is 0 Å². The van der Waals surface area contributed by atoms with Gasteiger partial charge >= 0.3 is 0 Å². The lowest BCUT2D eigenvalue weighted by atomic mass is 10.2. The van der Waals surface area contributed by atoms with Gasteiger partial charge in [0.1, 0.15) is 0 Å². The van der Waals surface area contributed by atoms with Crippen molar-refractivity contribution >= 4 is 11.8 Å². The lowest BCUT2D eigenvalue weighted by Gasteiger charge is -2.08. The van der Waals surface area contributed by atoms with Gasteiger partial charge in [-0.2, -0.15) is 4.98 Å². The molecule has 1 rings (SSSR count). The third kappa shape index (κ3) is 12.1. The zero-order valence-electron chi connectivity index (χ0n) is 16.7. The van der Waals surface area contributed by atoms with Gasteiger partial charge in [0, 0.05) is 25.0 Å². The molecular weight excluding hydrogens is 366 g/mol. The van der Waals surface area contributed by atoms with Crippen LogP contribution in [0.1, 0.15) is 51.4 Å². The molecule has 1 aromatic heterocycles. The fourth-order valence-corrected chi connectivity index (χ4v) is 2.37. The number of hydrogen-bond acceptors (Lipinski definition) is 7. The monoisotopic (exact) mass is 397 g/mol. The molecular formula is C19H31N3O6. The van der Waals surface area contributed by atoms with Crippen molar-refractivity contribution in [1.82, 2.24) is 15.9 Å². The van der Waals surface area contributed by atoms with Crippen LogP contribution in [0, 0.1) is 0 Å². The number of hydroxylamine groups is 2. The van der Waals surface area contributed by atoms with Crippen LogP contribution in [0.2, 0.25) is 0 Å². The molecule has 1 heterocycles. The number of carbonyl (C=O) groups excluding carboxylic acids is 2. The lowest BCUT2D eigenvalue weighted by molar-refractivity contribution is -0.132. The molecule has 2 N–H and O–H groups in total. The average molecular weight is 397 g/mol. The Balaban J connectivity index is 2.10. The van der Waals surface area contributed by atoms with Crippen LogP contribution in [-0.2, 0) is 19.3 Å². The van der Waals surface area contributed by atoms with Gasteiger partial charge in [0.2, 0.25) is 23.6 Å². The molecule has 28 heavy (non-hydrogen) atoms. The minimum atomic E-state index is -0.117. The zero-order chi connectivity index (χ0) is 20.5. The highest BCUT2D eigenvalue weighted by Gasteiger charge is 2.03. The van der Waals surface area contributed by atoms with Gasteiger partial charge < -0.3 is 9.47 Å². The van der Waals surface area contributed by atoms with Crippen LogP contribution < -0.4 is 20.4 Å². The summed E-state index contributed by atoms with van der Waals surface area (Å²) >= 11 is 0. The maximum absolute atomic E-state index is 11.2. The van der Waals surface area contributed by atoms with Gasteiger partial charge in [-0.3, -0.25) is 19.3 Å². The van der Waals surface area contributed by atoms with E-state index in [0.717, 1.165) is 38.5 Å². The van der Waals surface area contributed by atoms with E-state index in [4.69, 9.17) is 9.47 Å². The molecule has 0 aromatic carbocycles. The van der Waals surface area contributed by atoms with Crippen LogP contribution in [0.25, 0.3) is 0 Å². The Bertz CT molecular complexity index is 525. The first kappa shape index (κ1) is 23.6. The minimum absolute atomic E-state index is 0.117. The average Bonchev–Trinajstić information content (AvgIpc) is 2.68. The molecule has 0 fully saturated rings. The van der Waals surface area contributed by atoms with Crippen molar-refractivity contribution in [2.45, 2.75) is 51.4 Å². The number of pyridine rings is 1. The second-order valence-electron chi connectivity index (χ2n) is 6.09. The minimum Gasteiger partial charge on any atom is -0.478 e. The molecule has 0 saturated heterocycles. The molecule has 0 radical (unpaired) electrons. The molecule has 0 saturated carbocycles. The number of hydrogen-bond donors (Lipinski definition) is 2. The summed E-state index contributed by atoms with van der Waals surface area (Å²) in [6.45, 7) is 1.07. The molecule has 0 spiro atoms. The normalized spacial score (nSPS) is 10.4. The predicted molar refractivity (Wildman–Crippen MR) is 102 cm³/mol. The Morgan fingerprint density at radius 3 is 1.68 bits per heavy atom. The number of amides is 2. The van der Waals surface area contributed by atoms with Crippen molar-refractivity contribution in [1.29, 1.82) is 0 Å². The third-order valence-corrected chi connectivity index (χ3v) is 3.73. The fourth-order valence-electron chi connectivity index (χ4n) is 2.37. The molecule has 2 amide bonds. The summed E-state index contributed by atoms with van der Waals surface area (Å²) in [6.07, 6.45) is 5.88. The first-order valence-corrected chi connectivity index (χ1v) is 9.52. The van der Waals surface area contributed by atoms with Gasteiger partial charge in [0.05, 0.1) is 27.4 Å². The Hall–Kier alpha value is -2.39. The van der Waals surface area contributed by atoms with Crippen molar-refractivity contribution in [3.63, 3.8) is 0 Å². The first-order chi connectivity index (χ1) is 13.7. The van der Waals surface area contributed by atoms with Gasteiger partial charge in [0.25, 0.3) is 0 Å². The summed E-state index contributed by atoms with van der Waals surface area (Å²) in [5.41, 5.74) is 4.58. The van der Waals surface area contributed by atoms with Gasteiger partial charge in [-0.1, -0.05) is 6.07 Å². The third-order valence-electron chi connectivity index (χ3n) is 3.73. The smallest absolute Gasteiger partial charge is 0.243 e. The first-order valence-electron chi connectivity index (χ1n) is 9.52. The largest absolute Gasteiger partial charge is 0.478 e. The molecule has 0 unspecified atom stereocenters. The number of aromatic nitrogens is 1. The predicted octanol–water partition coefficient (Wildman–Crippen LogP) is 2.32. The maximum atomic E-state index is 11.2. The summed E-state index contributed by atoms with van der Waals surface area (Å²) in [7, 11) is 2.84. The number of unbranched alkanes of at least 4 members (excludes halogenated alkanes) is 4. The van der Waals surface area contributed by atoms with E-state index in [-0.39, 0.29) is 11.8 Å². The summed E-state index contributed by atoms with van der Waals surface area (Å²) in [5, 5.41) is 0. The molecule has 158 valence electrons. The number of carbonyl (C=O) groups is 2. The van der Waals surface area contributed by atoms with E-state index >= 15 is 0 Å². The Kier molecular flexibility index (Phi) is 13.2. The molecule has 0 aliphatic rings. The summed E-state index contributed by atoms with van der Waals surface area (Å²) in [4.78, 5) is 35.9. The van der Waals surface area contributed by atoms with Crippen molar-refractivity contribution in [3.8, 4) is 11.8 Å². The van der Waals surface area contributed by atoms with Gasteiger partial charge in [-0.15, -0.1) is 0 Å². The summed E-state index contributed by atoms with van der Waals surface area (Å²) in [5.74, 6) is 0.804.